The van der Waals surface area contributed by atoms with Crippen LogP contribution in [0.5, 0.6) is 0 Å². The molecule has 1 aliphatic heterocycles. The van der Waals surface area contributed by atoms with Crippen molar-refractivity contribution in [2.45, 2.75) is 19.4 Å². The highest BCUT2D eigenvalue weighted by molar-refractivity contribution is 6.31. The van der Waals surface area contributed by atoms with Gasteiger partial charge in [0.2, 0.25) is 0 Å². The van der Waals surface area contributed by atoms with Crippen molar-refractivity contribution >= 4 is 23.5 Å². The van der Waals surface area contributed by atoms with E-state index in [9.17, 15) is 9.59 Å². The Kier molecular flexibility index (Phi) is 4.62. The molecule has 0 radical (unpaired) electrons. The number of rotatable bonds is 3. The number of hydrogen-bond donors (Lipinski definition) is 1. The van der Waals surface area contributed by atoms with Crippen molar-refractivity contribution in [3.63, 3.8) is 0 Å². The molecule has 1 saturated heterocycles. The fourth-order valence-electron chi connectivity index (χ4n) is 2.29. The molecule has 1 N–H and O–H groups in total. The van der Waals surface area contributed by atoms with Crippen molar-refractivity contribution < 1.29 is 19.4 Å². The van der Waals surface area contributed by atoms with Gasteiger partial charge in [-0.25, -0.2) is 0 Å². The highest BCUT2D eigenvalue weighted by Gasteiger charge is 2.30. The van der Waals surface area contributed by atoms with Gasteiger partial charge in [-0.15, -0.1) is 0 Å². The Morgan fingerprint density at radius 1 is 1.50 bits per heavy atom. The Labute approximate surface area is 122 Å². The molecule has 1 atom stereocenters. The van der Waals surface area contributed by atoms with E-state index in [0.29, 0.717) is 29.3 Å². The number of carboxylic acids is 1. The Morgan fingerprint density at radius 3 is 2.95 bits per heavy atom. The van der Waals surface area contributed by atoms with E-state index in [1.54, 1.807) is 30.0 Å². The molecule has 0 aromatic heterocycles. The Hall–Kier alpha value is -1.59. The lowest BCUT2D eigenvalue weighted by atomic mass is 10.0. The molecule has 1 aliphatic rings. The van der Waals surface area contributed by atoms with Gasteiger partial charge in [0.05, 0.1) is 25.7 Å². The van der Waals surface area contributed by atoms with Gasteiger partial charge in [0, 0.05) is 17.1 Å². The summed E-state index contributed by atoms with van der Waals surface area (Å²) >= 11 is 6.03. The molecule has 1 aromatic carbocycles. The van der Waals surface area contributed by atoms with Crippen LogP contribution in [0.2, 0.25) is 5.02 Å². The summed E-state index contributed by atoms with van der Waals surface area (Å²) in [6.07, 6.45) is -0.120. The maximum Gasteiger partial charge on any atom is 0.305 e. The third kappa shape index (κ3) is 3.11. The average Bonchev–Trinajstić information content (AvgIpc) is 2.41. The number of nitrogens with zero attached hydrogens (tertiary/aromatic N) is 1. The minimum absolute atomic E-state index is 0.120. The summed E-state index contributed by atoms with van der Waals surface area (Å²) in [5, 5.41) is 9.45. The number of amides is 1. The number of carbonyl (C=O) groups is 2. The number of halogens is 1. The van der Waals surface area contributed by atoms with E-state index in [0.717, 1.165) is 0 Å². The molecular weight excluding hydrogens is 282 g/mol. The van der Waals surface area contributed by atoms with E-state index in [1.165, 1.54) is 0 Å². The van der Waals surface area contributed by atoms with Crippen molar-refractivity contribution in [2.24, 2.45) is 0 Å². The van der Waals surface area contributed by atoms with Crippen LogP contribution < -0.4 is 0 Å². The largest absolute Gasteiger partial charge is 0.481 e. The molecule has 1 amide bonds. The Morgan fingerprint density at radius 2 is 2.25 bits per heavy atom. The first-order valence-corrected chi connectivity index (χ1v) is 6.74. The van der Waals surface area contributed by atoms with Gasteiger partial charge < -0.3 is 14.7 Å². The number of carbonyl (C=O) groups excluding carboxylic acids is 1. The van der Waals surface area contributed by atoms with Crippen molar-refractivity contribution in [3.05, 3.63) is 34.3 Å². The van der Waals surface area contributed by atoms with Crippen molar-refractivity contribution in [3.8, 4) is 0 Å². The number of ether oxygens (including phenoxy) is 1. The van der Waals surface area contributed by atoms with Crippen LogP contribution in [0.4, 0.5) is 0 Å². The quantitative estimate of drug-likeness (QED) is 0.926. The van der Waals surface area contributed by atoms with E-state index in [1.807, 2.05) is 0 Å². The van der Waals surface area contributed by atoms with Gasteiger partial charge in [-0.2, -0.15) is 0 Å². The molecule has 5 nitrogen and oxygen atoms in total. The number of benzene rings is 1. The Balaban J connectivity index is 2.25. The molecule has 0 aliphatic carbocycles. The second kappa shape index (κ2) is 6.24. The van der Waals surface area contributed by atoms with Crippen molar-refractivity contribution in [1.29, 1.82) is 0 Å². The van der Waals surface area contributed by atoms with Crippen LogP contribution in [0.15, 0.2) is 18.2 Å². The van der Waals surface area contributed by atoms with Gasteiger partial charge in [0.1, 0.15) is 0 Å². The maximum absolute atomic E-state index is 12.6. The predicted molar refractivity (Wildman–Crippen MR) is 74.1 cm³/mol. The van der Waals surface area contributed by atoms with Gasteiger partial charge in [-0.1, -0.05) is 17.7 Å². The second-order valence-electron chi connectivity index (χ2n) is 4.74. The van der Waals surface area contributed by atoms with Crippen molar-refractivity contribution in [1.82, 2.24) is 4.90 Å². The van der Waals surface area contributed by atoms with E-state index in [2.05, 4.69) is 0 Å². The first-order chi connectivity index (χ1) is 9.50. The lowest BCUT2D eigenvalue weighted by Gasteiger charge is -2.35. The maximum atomic E-state index is 12.6. The van der Waals surface area contributed by atoms with Gasteiger partial charge in [0.15, 0.2) is 0 Å². The average molecular weight is 298 g/mol. The molecule has 6 heteroatoms. The topological polar surface area (TPSA) is 66.8 Å². The van der Waals surface area contributed by atoms with Crippen LogP contribution in [0.25, 0.3) is 0 Å². The van der Waals surface area contributed by atoms with Gasteiger partial charge in [0.25, 0.3) is 5.91 Å². The van der Waals surface area contributed by atoms with Crippen molar-refractivity contribution in [2.75, 3.05) is 19.8 Å². The van der Waals surface area contributed by atoms with Crippen LogP contribution >= 0.6 is 11.6 Å². The molecule has 1 unspecified atom stereocenters. The zero-order valence-electron chi connectivity index (χ0n) is 11.1. The van der Waals surface area contributed by atoms with E-state index < -0.39 is 12.0 Å². The van der Waals surface area contributed by atoms with E-state index >= 15 is 0 Å². The SMILES string of the molecule is Cc1c(Cl)cccc1C(=O)N1CCOCC1CC(=O)O. The minimum Gasteiger partial charge on any atom is -0.481 e. The van der Waals surface area contributed by atoms with Gasteiger partial charge >= 0.3 is 5.97 Å². The molecule has 2 rings (SSSR count). The summed E-state index contributed by atoms with van der Waals surface area (Å²) < 4.78 is 5.27. The monoisotopic (exact) mass is 297 g/mol. The predicted octanol–water partition coefficient (Wildman–Crippen LogP) is 1.96. The molecule has 0 saturated carbocycles. The zero-order valence-corrected chi connectivity index (χ0v) is 11.9. The summed E-state index contributed by atoms with van der Waals surface area (Å²) in [4.78, 5) is 25.0. The number of aliphatic carboxylic acids is 1. The highest BCUT2D eigenvalue weighted by Crippen LogP contribution is 2.22. The molecule has 1 aromatic rings. The number of morpholine rings is 1. The lowest BCUT2D eigenvalue weighted by molar-refractivity contribution is -0.139. The molecule has 1 heterocycles. The Bertz CT molecular complexity index is 532. The fourth-order valence-corrected chi connectivity index (χ4v) is 2.46. The third-order valence-corrected chi connectivity index (χ3v) is 3.81. The van der Waals surface area contributed by atoms with E-state index in [-0.39, 0.29) is 18.9 Å². The molecule has 20 heavy (non-hydrogen) atoms. The zero-order chi connectivity index (χ0) is 14.7. The number of carboxylic acid groups (broad SMARTS) is 1. The van der Waals surface area contributed by atoms with Crippen LogP contribution in [-0.2, 0) is 9.53 Å². The molecule has 0 bridgehead atoms. The third-order valence-electron chi connectivity index (χ3n) is 3.40. The van der Waals surface area contributed by atoms with Crippen LogP contribution in [0.1, 0.15) is 22.3 Å². The molecule has 1 fully saturated rings. The summed E-state index contributed by atoms with van der Waals surface area (Å²) in [5.74, 6) is -1.14. The first kappa shape index (κ1) is 14.8. The molecular formula is C14H16ClNO4. The lowest BCUT2D eigenvalue weighted by Crippen LogP contribution is -2.49. The highest BCUT2D eigenvalue weighted by atomic mass is 35.5. The summed E-state index contributed by atoms with van der Waals surface area (Å²) in [6, 6.07) is 4.71. The fraction of sp³-hybridized carbons (Fsp3) is 0.429. The van der Waals surface area contributed by atoms with Gasteiger partial charge in [-0.05, 0) is 24.6 Å². The summed E-state index contributed by atoms with van der Waals surface area (Å²) in [6.45, 7) is 2.84. The molecule has 108 valence electrons. The summed E-state index contributed by atoms with van der Waals surface area (Å²) in [5.41, 5.74) is 1.22. The normalized spacial score (nSPS) is 18.9. The molecule has 0 spiro atoms. The first-order valence-electron chi connectivity index (χ1n) is 6.36. The smallest absolute Gasteiger partial charge is 0.305 e. The summed E-state index contributed by atoms with van der Waals surface area (Å²) in [7, 11) is 0. The second-order valence-corrected chi connectivity index (χ2v) is 5.14. The minimum atomic E-state index is -0.943. The standard InChI is InChI=1S/C14H16ClNO4/c1-9-11(3-2-4-12(9)15)14(19)16-5-6-20-8-10(16)7-13(17)18/h2-4,10H,5-8H2,1H3,(H,17,18). The van der Waals surface area contributed by atoms with E-state index in [4.69, 9.17) is 21.4 Å². The van der Waals surface area contributed by atoms with Crippen LogP contribution in [-0.4, -0.2) is 47.7 Å². The van der Waals surface area contributed by atoms with Gasteiger partial charge in [-0.3, -0.25) is 9.59 Å². The van der Waals surface area contributed by atoms with Crippen LogP contribution in [0, 0.1) is 6.92 Å². The number of hydrogen-bond acceptors (Lipinski definition) is 3. The van der Waals surface area contributed by atoms with Crippen LogP contribution in [0.3, 0.4) is 0 Å².